The summed E-state index contributed by atoms with van der Waals surface area (Å²) in [6, 6.07) is 0. The maximum absolute atomic E-state index is 5.98. The van der Waals surface area contributed by atoms with E-state index in [2.05, 4.69) is 24.5 Å². The van der Waals surface area contributed by atoms with Crippen molar-refractivity contribution >= 4 is 5.71 Å². The van der Waals surface area contributed by atoms with E-state index in [4.69, 9.17) is 5.73 Å². The van der Waals surface area contributed by atoms with Crippen LogP contribution in [0.1, 0.15) is 39.5 Å². The van der Waals surface area contributed by atoms with Gasteiger partial charge in [-0.15, -0.1) is 0 Å². The van der Waals surface area contributed by atoms with E-state index in [9.17, 15) is 0 Å². The fourth-order valence-corrected chi connectivity index (χ4v) is 2.63. The maximum atomic E-state index is 5.98. The zero-order valence-electron chi connectivity index (χ0n) is 9.72. The number of nitrogens with zero attached hydrogens (tertiary/aromatic N) is 1. The Labute approximate surface area is 110 Å². The van der Waals surface area contributed by atoms with Crippen molar-refractivity contribution in [2.45, 2.75) is 39.5 Å². The highest BCUT2D eigenvalue weighted by Gasteiger charge is 2.30. The van der Waals surface area contributed by atoms with Crippen LogP contribution in [0.4, 0.5) is 0 Å². The molecule has 0 aromatic carbocycles. The lowest BCUT2D eigenvalue weighted by molar-refractivity contribution is -0.507. The minimum atomic E-state index is 0. The fourth-order valence-electron chi connectivity index (χ4n) is 2.63. The summed E-state index contributed by atoms with van der Waals surface area (Å²) in [6.45, 7) is 7.08. The quantitative estimate of drug-likeness (QED) is 0.446. The lowest BCUT2D eigenvalue weighted by Crippen LogP contribution is -3.00. The first-order valence-electron chi connectivity index (χ1n) is 5.64. The van der Waals surface area contributed by atoms with Crippen LogP contribution in [0.15, 0.2) is 11.8 Å². The maximum Gasteiger partial charge on any atom is 0.178 e. The molecule has 0 atom stereocenters. The van der Waals surface area contributed by atoms with Crippen molar-refractivity contribution in [3.05, 3.63) is 11.8 Å². The molecule has 2 rings (SSSR count). The molecule has 0 bridgehead atoms. The molecule has 2 N–H and O–H groups in total. The second kappa shape index (κ2) is 4.85. The molecule has 0 saturated carbocycles. The number of allylic oxidation sites excluding steroid dienone is 2. The van der Waals surface area contributed by atoms with Gasteiger partial charge in [0, 0.05) is 31.0 Å². The average molecular weight is 320 g/mol. The van der Waals surface area contributed by atoms with Crippen LogP contribution in [0.25, 0.3) is 0 Å². The standard InChI is InChI=1S/C12H20N2.HI/c1-12(2)8-10(13)7-11(9-12)14-5-3-4-6-14;/h7,13H,3-6,8-9H2,1-2H3;1H. The van der Waals surface area contributed by atoms with E-state index in [1.165, 1.54) is 38.1 Å². The zero-order chi connectivity index (χ0) is 10.2. The highest BCUT2D eigenvalue weighted by Crippen LogP contribution is 2.32. The lowest BCUT2D eigenvalue weighted by Gasteiger charge is -2.27. The van der Waals surface area contributed by atoms with E-state index in [0.29, 0.717) is 5.41 Å². The Morgan fingerprint density at radius 1 is 1.20 bits per heavy atom. The molecule has 86 valence electrons. The summed E-state index contributed by atoms with van der Waals surface area (Å²) in [5, 5.41) is 0. The summed E-state index contributed by atoms with van der Waals surface area (Å²) in [5.41, 5.74) is 8.87. The Bertz CT molecular complexity index is 295. The summed E-state index contributed by atoms with van der Waals surface area (Å²) in [7, 11) is 0. The third-order valence-corrected chi connectivity index (χ3v) is 3.21. The third-order valence-electron chi connectivity index (χ3n) is 3.21. The molecule has 2 nitrogen and oxygen atoms in total. The second-order valence-corrected chi connectivity index (χ2v) is 5.42. The van der Waals surface area contributed by atoms with E-state index in [-0.39, 0.29) is 24.0 Å². The van der Waals surface area contributed by atoms with Crippen molar-refractivity contribution in [3.63, 3.8) is 0 Å². The van der Waals surface area contributed by atoms with E-state index in [0.717, 1.165) is 12.1 Å². The minimum absolute atomic E-state index is 0. The summed E-state index contributed by atoms with van der Waals surface area (Å²) in [5.74, 6) is 0. The van der Waals surface area contributed by atoms with Crippen molar-refractivity contribution in [2.75, 3.05) is 13.1 Å². The van der Waals surface area contributed by atoms with Gasteiger partial charge in [0.05, 0.1) is 0 Å². The van der Waals surface area contributed by atoms with E-state index in [1.54, 1.807) is 0 Å². The summed E-state index contributed by atoms with van der Waals surface area (Å²) < 4.78 is 2.51. The Hall–Kier alpha value is -0.0600. The van der Waals surface area contributed by atoms with Gasteiger partial charge in [-0.1, -0.05) is 13.8 Å². The van der Waals surface area contributed by atoms with Crippen LogP contribution in [0, 0.1) is 5.41 Å². The first kappa shape index (κ1) is 13.0. The molecule has 0 radical (unpaired) electrons. The molecule has 3 heteroatoms. The van der Waals surface area contributed by atoms with Crippen molar-refractivity contribution in [1.29, 1.82) is 0 Å². The Morgan fingerprint density at radius 3 is 2.33 bits per heavy atom. The predicted octanol–water partition coefficient (Wildman–Crippen LogP) is -1.10. The van der Waals surface area contributed by atoms with Crippen molar-refractivity contribution in [3.8, 4) is 0 Å². The predicted molar refractivity (Wildman–Crippen MR) is 59.5 cm³/mol. The van der Waals surface area contributed by atoms with Crippen LogP contribution in [0.5, 0.6) is 0 Å². The van der Waals surface area contributed by atoms with Gasteiger partial charge >= 0.3 is 0 Å². The van der Waals surface area contributed by atoms with Crippen LogP contribution in [-0.2, 0) is 0 Å². The van der Waals surface area contributed by atoms with E-state index < -0.39 is 0 Å². The van der Waals surface area contributed by atoms with E-state index in [1.807, 2.05) is 0 Å². The zero-order valence-corrected chi connectivity index (χ0v) is 11.9. The van der Waals surface area contributed by atoms with Crippen molar-refractivity contribution in [2.24, 2.45) is 11.1 Å². The second-order valence-electron chi connectivity index (χ2n) is 5.42. The van der Waals surface area contributed by atoms with Crippen LogP contribution in [0.2, 0.25) is 0 Å². The van der Waals surface area contributed by atoms with Crippen LogP contribution >= 0.6 is 0 Å². The highest BCUT2D eigenvalue weighted by atomic mass is 127. The first-order chi connectivity index (χ1) is 6.57. The smallest absolute Gasteiger partial charge is 0.178 e. The summed E-state index contributed by atoms with van der Waals surface area (Å²) >= 11 is 0. The van der Waals surface area contributed by atoms with Gasteiger partial charge in [-0.3, -0.25) is 0 Å². The molecule has 2 aliphatic rings. The summed E-state index contributed by atoms with van der Waals surface area (Å²) in [4.78, 5) is 0. The summed E-state index contributed by atoms with van der Waals surface area (Å²) in [6.07, 6.45) is 7.13. The topological polar surface area (TPSA) is 29.0 Å². The molecule has 1 heterocycles. The van der Waals surface area contributed by atoms with Gasteiger partial charge in [0.1, 0.15) is 13.1 Å². The van der Waals surface area contributed by atoms with Gasteiger partial charge in [0.15, 0.2) is 5.71 Å². The largest absolute Gasteiger partial charge is 1.00 e. The Balaban J connectivity index is 0.00000112. The third kappa shape index (κ3) is 3.20. The average Bonchev–Trinajstić information content (AvgIpc) is 2.51. The lowest BCUT2D eigenvalue weighted by atomic mass is 9.78. The van der Waals surface area contributed by atoms with Gasteiger partial charge in [-0.2, -0.15) is 0 Å². The number of hydrogen-bond donors (Lipinski definition) is 1. The number of rotatable bonds is 0. The number of halogens is 1. The highest BCUT2D eigenvalue weighted by molar-refractivity contribution is 5.92. The minimum Gasteiger partial charge on any atom is -1.00 e. The Kier molecular flexibility index (Phi) is 4.20. The molecule has 0 aromatic heterocycles. The molecule has 0 amide bonds. The molecular formula is C12H21IN2. The molecule has 15 heavy (non-hydrogen) atoms. The van der Waals surface area contributed by atoms with Crippen LogP contribution < -0.4 is 29.7 Å². The van der Waals surface area contributed by atoms with Gasteiger partial charge in [0.25, 0.3) is 0 Å². The molecule has 1 saturated heterocycles. The van der Waals surface area contributed by atoms with Gasteiger partial charge < -0.3 is 29.7 Å². The van der Waals surface area contributed by atoms with Crippen LogP contribution in [-0.4, -0.2) is 23.4 Å². The molecule has 0 spiro atoms. The normalized spacial score (nSPS) is 24.8. The number of nitrogens with two attached hydrogens (primary N) is 1. The van der Waals surface area contributed by atoms with Crippen molar-refractivity contribution < 1.29 is 28.6 Å². The SMILES string of the molecule is CC1(C)CC(N)=CC(=[N+]2CCCC2)C1.[I-]. The fraction of sp³-hybridized carbons (Fsp3) is 0.750. The number of hydrogen-bond acceptors (Lipinski definition) is 1. The molecular weight excluding hydrogens is 299 g/mol. The van der Waals surface area contributed by atoms with Crippen molar-refractivity contribution in [1.82, 2.24) is 0 Å². The van der Waals surface area contributed by atoms with Crippen LogP contribution in [0.3, 0.4) is 0 Å². The van der Waals surface area contributed by atoms with Gasteiger partial charge in [-0.05, 0) is 11.8 Å². The molecule has 1 aliphatic carbocycles. The van der Waals surface area contributed by atoms with Gasteiger partial charge in [0.2, 0.25) is 0 Å². The molecule has 1 fully saturated rings. The first-order valence-corrected chi connectivity index (χ1v) is 5.64. The molecule has 1 aliphatic heterocycles. The van der Waals surface area contributed by atoms with Gasteiger partial charge in [-0.25, -0.2) is 4.58 Å². The molecule has 0 aromatic rings. The monoisotopic (exact) mass is 320 g/mol. The Morgan fingerprint density at radius 2 is 1.80 bits per heavy atom. The molecule has 0 unspecified atom stereocenters. The van der Waals surface area contributed by atoms with E-state index >= 15 is 0 Å².